The van der Waals surface area contributed by atoms with Gasteiger partial charge in [-0.2, -0.15) is 0 Å². The number of carbonyl (C=O) groups is 3. The standard InChI is InChI=1S/C37H44F2N8O3.C37H44N8O4.C28H29F2N7.ClH/c1-36(2,3)50-35(48)42-30-24-11-5-4-10-23(24)22-37(30)15-19-45(20-16-37)32-28(31(38)39)41-29-33(43-32)47(27-14-6-7-21-49-27)44-34(29)46-18-9-12-25-26(46)13-8-17-40-25;1-36(2,3)49-35(47)40-31-25-11-5-4-10-24(25)22-37(31)15-19-43(20-16-37)32-27(23-46)39-30-33(41-32)45(29-14-6-7-21-48-29)42-34(30)44-18-9-12-26-28(44)13-8-17-38-26;29-25(30)23-27(36-13-9-28(10-14-36)15-17-5-1-2-6-18(17)24(28)31)34-20-16-33-26(22(20)35-23)37-12-4-7-19-21(37)8-3-11-32-19;/h4-5,8,10-11,13,17,27,30-31H,6-7,9,12,14-16,18-22H2,1-3H3,(H,42,48);4-5,8,10-11,13,17,23,29,31H,6-7,9,12,14-16,18-22H2,1-3H3,(H,40,47);1-3,5-6,8,11,24-25H,4,7,9-10,12-16,31H2;1H/t27?,30-;29?,31-;24-;/m111./s1. The Kier molecular flexibility index (Phi) is 25.4. The smallest absolute Gasteiger partial charge is 0.408 e. The van der Waals surface area contributed by atoms with Crippen LogP contribution in [0.3, 0.4) is 0 Å². The lowest BCUT2D eigenvalue weighted by Crippen LogP contribution is -2.48. The van der Waals surface area contributed by atoms with Crippen molar-refractivity contribution >= 4 is 105 Å². The molecule has 23 rings (SSSR count). The Bertz CT molecular complexity index is 6390. The van der Waals surface area contributed by atoms with Crippen LogP contribution in [0.1, 0.15) is 265 Å². The number of amides is 2. The Morgan fingerprint density at radius 1 is 0.467 bits per heavy atom. The van der Waals surface area contributed by atoms with Gasteiger partial charge in [0.15, 0.2) is 76.0 Å². The van der Waals surface area contributed by atoms with Crippen molar-refractivity contribution in [3.05, 3.63) is 207 Å². The van der Waals surface area contributed by atoms with E-state index < -0.39 is 36.2 Å². The largest absolute Gasteiger partial charge is 0.444 e. The van der Waals surface area contributed by atoms with Gasteiger partial charge in [0.05, 0.1) is 58.5 Å². The number of rotatable bonds is 12. The van der Waals surface area contributed by atoms with Crippen LogP contribution in [-0.2, 0) is 64.0 Å². The molecule has 5 fully saturated rings. The van der Waals surface area contributed by atoms with Gasteiger partial charge in [-0.15, -0.1) is 22.6 Å². The van der Waals surface area contributed by atoms with E-state index in [-0.39, 0.29) is 76.4 Å². The van der Waals surface area contributed by atoms with E-state index in [0.29, 0.717) is 147 Å². The summed E-state index contributed by atoms with van der Waals surface area (Å²) >= 11 is 0. The number of aromatic nitrogens is 13. The number of carbonyl (C=O) groups excluding carboxylic acids is 3. The zero-order valence-corrected chi connectivity index (χ0v) is 79.2. The van der Waals surface area contributed by atoms with Crippen LogP contribution < -0.4 is 45.8 Å². The summed E-state index contributed by atoms with van der Waals surface area (Å²) in [6, 6.07) is 36.3. The lowest BCUT2D eigenvalue weighted by Gasteiger charge is -2.44. The van der Waals surface area contributed by atoms with Gasteiger partial charge in [-0.25, -0.2) is 66.4 Å². The third-order valence-electron chi connectivity index (χ3n) is 29.7. The van der Waals surface area contributed by atoms with Crippen molar-refractivity contribution in [1.82, 2.24) is 75.1 Å². The molecular formula is C102H118ClF4N23O7. The Morgan fingerprint density at radius 3 is 1.33 bits per heavy atom. The van der Waals surface area contributed by atoms with Crippen molar-refractivity contribution in [3.63, 3.8) is 0 Å². The van der Waals surface area contributed by atoms with Crippen LogP contribution in [0.25, 0.3) is 22.3 Å². The first-order valence-electron chi connectivity index (χ1n) is 48.6. The van der Waals surface area contributed by atoms with Crippen LogP contribution in [0.2, 0.25) is 0 Å². The maximum atomic E-state index is 15.0. The number of nitrogens with one attached hydrogen (secondary N) is 2. The summed E-state index contributed by atoms with van der Waals surface area (Å²) in [5, 5.41) is 16.6. The number of aliphatic imine (C=N–C) groups is 1. The summed E-state index contributed by atoms with van der Waals surface area (Å²) in [6.07, 6.45) is 17.3. The number of fused-ring (bicyclic) bond motifs is 9. The van der Waals surface area contributed by atoms with Crippen LogP contribution in [0.5, 0.6) is 0 Å². The lowest BCUT2D eigenvalue weighted by atomic mass is 9.72. The van der Waals surface area contributed by atoms with Crippen molar-refractivity contribution in [3.8, 4) is 0 Å². The molecular weight excluding hydrogens is 1770 g/mol. The molecule has 2 amide bonds. The molecule has 0 radical (unpaired) electrons. The second kappa shape index (κ2) is 37.6. The number of ether oxygens (including phenoxy) is 4. The molecule has 718 valence electrons. The highest BCUT2D eigenvalue weighted by atomic mass is 35.5. The molecule has 8 aromatic heterocycles. The van der Waals surface area contributed by atoms with Gasteiger partial charge in [-0.05, 0) is 252 Å². The molecule has 5 atom stereocenters. The number of nitrogens with zero attached hydrogens (tertiary/aromatic N) is 20. The molecule has 0 bridgehead atoms. The average molecular weight is 1890 g/mol. The van der Waals surface area contributed by atoms with Gasteiger partial charge < -0.3 is 64.7 Å². The van der Waals surface area contributed by atoms with Gasteiger partial charge in [-0.1, -0.05) is 72.8 Å². The van der Waals surface area contributed by atoms with E-state index in [1.165, 1.54) is 22.3 Å². The van der Waals surface area contributed by atoms with E-state index in [1.54, 1.807) is 17.1 Å². The maximum absolute atomic E-state index is 15.0. The van der Waals surface area contributed by atoms with Gasteiger partial charge in [-0.3, -0.25) is 24.7 Å². The number of aryl methyl sites for hydroxylation is 3. The first kappa shape index (κ1) is 92.6. The molecule has 9 aliphatic heterocycles. The first-order chi connectivity index (χ1) is 65.9. The SMILES string of the molecule is CC(C)(C)OC(=O)N[C@@H]1c2ccccc2CC12CCN(c1nc3c(nc1C(F)F)c(N1CCCc4ncccc41)nn3C1CCCCO1)CC2.CC(C)(C)OC(=O)N[C@@H]1c2ccccc2CC12CCN(c1nc3c(nc1C=O)c(N1CCCc4ncccc41)nn3C1CCCCO1)CC2.Cl.N[C@@H]1c2ccccc2CC12CCN(c1nc3c(nc1C(F)F)C(N1CCCc4ncccc41)=NC3)CC2. The van der Waals surface area contributed by atoms with Crippen molar-refractivity contribution in [1.29, 1.82) is 0 Å². The Morgan fingerprint density at radius 2 is 0.876 bits per heavy atom. The Balaban J connectivity index is 0.000000128. The van der Waals surface area contributed by atoms with Gasteiger partial charge in [0.1, 0.15) is 34.0 Å². The second-order valence-corrected chi connectivity index (χ2v) is 40.5. The molecule has 3 aliphatic carbocycles. The van der Waals surface area contributed by atoms with E-state index in [1.807, 2.05) is 122 Å². The minimum Gasteiger partial charge on any atom is -0.444 e. The van der Waals surface area contributed by atoms with E-state index >= 15 is 8.78 Å². The van der Waals surface area contributed by atoms with Crippen molar-refractivity contribution < 1.29 is 50.9 Å². The molecule has 3 spiro atoms. The molecule has 2 unspecified atom stereocenters. The number of pyridine rings is 3. The minimum absolute atomic E-state index is 0. The number of hydrogen-bond donors (Lipinski definition) is 3. The van der Waals surface area contributed by atoms with E-state index in [2.05, 4.69) is 99.9 Å². The third-order valence-corrected chi connectivity index (χ3v) is 29.7. The van der Waals surface area contributed by atoms with Crippen LogP contribution in [0, 0.1) is 16.2 Å². The lowest BCUT2D eigenvalue weighted by molar-refractivity contribution is -0.0369. The van der Waals surface area contributed by atoms with Crippen molar-refractivity contribution in [2.45, 2.75) is 238 Å². The fraction of sp³-hybridized carbons (Fsp3) is 0.500. The molecule has 3 aromatic carbocycles. The predicted molar refractivity (Wildman–Crippen MR) is 515 cm³/mol. The molecule has 0 saturated carbocycles. The number of halogens is 5. The topological polar surface area (TPSA) is 322 Å². The Labute approximate surface area is 799 Å². The van der Waals surface area contributed by atoms with Gasteiger partial charge >= 0.3 is 12.2 Å². The van der Waals surface area contributed by atoms with E-state index in [0.717, 1.165) is 187 Å². The fourth-order valence-corrected chi connectivity index (χ4v) is 23.2. The van der Waals surface area contributed by atoms with Crippen LogP contribution in [0.15, 0.2) is 133 Å². The normalized spacial score (nSPS) is 21.6. The number of amidine groups is 1. The monoisotopic (exact) mass is 1890 g/mol. The highest BCUT2D eigenvalue weighted by Crippen LogP contribution is 2.57. The second-order valence-electron chi connectivity index (χ2n) is 40.5. The zero-order chi connectivity index (χ0) is 93.5. The van der Waals surface area contributed by atoms with Crippen LogP contribution >= 0.6 is 12.4 Å². The number of alkyl carbamates (subject to hydrolysis) is 2. The van der Waals surface area contributed by atoms with Crippen molar-refractivity contribution in [2.24, 2.45) is 27.0 Å². The van der Waals surface area contributed by atoms with Gasteiger partial charge in [0.25, 0.3) is 12.9 Å². The number of piperidine rings is 3. The average Bonchev–Trinajstić information content (AvgIpc) is 1.54. The number of anilines is 8. The number of hydrogen-bond acceptors (Lipinski definition) is 26. The molecule has 30 nitrogen and oxygen atoms in total. The van der Waals surface area contributed by atoms with Gasteiger partial charge in [0, 0.05) is 108 Å². The Hall–Kier alpha value is -12.1. The van der Waals surface area contributed by atoms with E-state index in [4.69, 9.17) is 64.8 Å². The minimum atomic E-state index is -2.84. The number of benzene rings is 3. The van der Waals surface area contributed by atoms with Crippen molar-refractivity contribution in [2.75, 3.05) is 102 Å². The predicted octanol–water partition coefficient (Wildman–Crippen LogP) is 18.4. The highest BCUT2D eigenvalue weighted by molar-refractivity contribution is 6.11. The molecule has 4 N–H and O–H groups in total. The quantitative estimate of drug-likeness (QED) is 0.0755. The van der Waals surface area contributed by atoms with E-state index in [9.17, 15) is 23.2 Å². The fourth-order valence-electron chi connectivity index (χ4n) is 23.2. The summed E-state index contributed by atoms with van der Waals surface area (Å²) in [7, 11) is 0. The first-order valence-corrected chi connectivity index (χ1v) is 48.6. The summed E-state index contributed by atoms with van der Waals surface area (Å²) in [4.78, 5) is 98.8. The van der Waals surface area contributed by atoms with Gasteiger partial charge in [0.2, 0.25) is 0 Å². The highest BCUT2D eigenvalue weighted by Gasteiger charge is 2.53. The summed E-state index contributed by atoms with van der Waals surface area (Å²) < 4.78 is 86.2. The molecule has 17 heterocycles. The van der Waals surface area contributed by atoms with Crippen LogP contribution in [-0.4, -0.2) is 172 Å². The summed E-state index contributed by atoms with van der Waals surface area (Å²) in [5.41, 5.74) is 20.9. The molecule has 137 heavy (non-hydrogen) atoms. The number of alkyl halides is 4. The molecule has 35 heteroatoms. The van der Waals surface area contributed by atoms with Crippen LogP contribution in [0.4, 0.5) is 73.3 Å². The summed E-state index contributed by atoms with van der Waals surface area (Å²) in [5.74, 6) is 2.84. The maximum Gasteiger partial charge on any atom is 0.408 e. The number of aldehydes is 1. The zero-order valence-electron chi connectivity index (χ0n) is 78.4. The molecule has 5 saturated heterocycles. The third kappa shape index (κ3) is 17.8. The molecule has 11 aromatic rings. The molecule has 12 aliphatic rings. The number of nitrogens with two attached hydrogens (primary N) is 1. The summed E-state index contributed by atoms with van der Waals surface area (Å²) in [6.45, 7) is 18.5.